The predicted molar refractivity (Wildman–Crippen MR) is 137 cm³/mol. The molecule has 0 fully saturated rings. The Morgan fingerprint density at radius 1 is 1.14 bits per heavy atom. The largest absolute Gasteiger partial charge is 0.493 e. The smallest absolute Gasteiger partial charge is 0.303 e. The van der Waals surface area contributed by atoms with Crippen molar-refractivity contribution >= 4 is 45.2 Å². The molecule has 11 heteroatoms. The number of unbranched alkanes of at least 4 members (excludes halogenated alkanes) is 2. The lowest BCUT2D eigenvalue weighted by atomic mass is 10.1. The summed E-state index contributed by atoms with van der Waals surface area (Å²) >= 11 is 2.57. The highest BCUT2D eigenvalue weighted by atomic mass is 32.2. The summed E-state index contributed by atoms with van der Waals surface area (Å²) in [5.41, 5.74) is 1.51. The number of thiophene rings is 1. The second-order valence-corrected chi connectivity index (χ2v) is 9.63. The fourth-order valence-electron chi connectivity index (χ4n) is 3.52. The molecule has 1 amide bonds. The first-order valence-electron chi connectivity index (χ1n) is 11.2. The number of aliphatic carboxylic acids is 1. The lowest BCUT2D eigenvalue weighted by Crippen LogP contribution is -2.28. The molecule has 0 bridgehead atoms. The summed E-state index contributed by atoms with van der Waals surface area (Å²) in [6.45, 7) is 0.894. The Labute approximate surface area is 211 Å². The summed E-state index contributed by atoms with van der Waals surface area (Å²) in [7, 11) is 3.16. The molecule has 9 nitrogen and oxygen atoms in total. The first kappa shape index (κ1) is 26.6. The highest BCUT2D eigenvalue weighted by Crippen LogP contribution is 2.27. The van der Waals surface area contributed by atoms with Gasteiger partial charge in [-0.3, -0.25) is 19.0 Å². The monoisotopic (exact) mass is 519 g/mol. The van der Waals surface area contributed by atoms with Crippen molar-refractivity contribution < 1.29 is 24.2 Å². The van der Waals surface area contributed by atoms with Crippen molar-refractivity contribution in [3.8, 4) is 11.5 Å². The van der Waals surface area contributed by atoms with Gasteiger partial charge in [0.25, 0.3) is 5.56 Å². The molecule has 2 heterocycles. The van der Waals surface area contributed by atoms with Crippen LogP contribution in [0.3, 0.4) is 0 Å². The van der Waals surface area contributed by atoms with Crippen molar-refractivity contribution in [3.63, 3.8) is 0 Å². The third kappa shape index (κ3) is 7.46. The number of amides is 1. The molecule has 0 unspecified atom stereocenters. The van der Waals surface area contributed by atoms with Crippen molar-refractivity contribution in [2.45, 2.75) is 43.8 Å². The van der Waals surface area contributed by atoms with Crippen LogP contribution in [0.2, 0.25) is 0 Å². The zero-order valence-corrected chi connectivity index (χ0v) is 21.4. The zero-order chi connectivity index (χ0) is 25.2. The SMILES string of the molecule is COc1ccc(CCNC(=O)CSc2nc3ccsc3c(=O)n2CCCCCC(=O)O)cc1OC. The number of thioether (sulfide) groups is 1. The number of aromatic nitrogens is 2. The summed E-state index contributed by atoms with van der Waals surface area (Å²) in [5.74, 6) is 0.454. The number of carboxylic acid groups (broad SMARTS) is 1. The highest BCUT2D eigenvalue weighted by molar-refractivity contribution is 7.99. The molecule has 3 rings (SSSR count). The Balaban J connectivity index is 1.56. The van der Waals surface area contributed by atoms with E-state index in [1.54, 1.807) is 24.9 Å². The van der Waals surface area contributed by atoms with E-state index >= 15 is 0 Å². The van der Waals surface area contributed by atoms with E-state index < -0.39 is 5.97 Å². The minimum Gasteiger partial charge on any atom is -0.493 e. The Morgan fingerprint density at radius 3 is 2.69 bits per heavy atom. The van der Waals surface area contributed by atoms with Crippen LogP contribution in [0.4, 0.5) is 0 Å². The molecule has 0 saturated heterocycles. The number of carboxylic acids is 1. The van der Waals surface area contributed by atoms with Gasteiger partial charge in [-0.25, -0.2) is 4.98 Å². The number of methoxy groups -OCH3 is 2. The lowest BCUT2D eigenvalue weighted by molar-refractivity contribution is -0.137. The van der Waals surface area contributed by atoms with Gasteiger partial charge < -0.3 is 19.9 Å². The molecule has 0 spiro atoms. The average molecular weight is 520 g/mol. The number of rotatable bonds is 14. The molecule has 35 heavy (non-hydrogen) atoms. The number of hydrogen-bond donors (Lipinski definition) is 2. The van der Waals surface area contributed by atoms with E-state index in [0.29, 0.717) is 65.6 Å². The standard InChI is InChI=1S/C24H29N3O6S2/c1-32-18-8-7-16(14-19(18)33-2)9-11-25-20(28)15-35-24-26-17-10-13-34-22(17)23(31)27(24)12-5-3-4-6-21(29)30/h7-8,10,13-14H,3-6,9,11-12,15H2,1-2H3,(H,25,28)(H,29,30). The van der Waals surface area contributed by atoms with Crippen molar-refractivity contribution in [2.75, 3.05) is 26.5 Å². The summed E-state index contributed by atoms with van der Waals surface area (Å²) in [6.07, 6.45) is 2.67. The van der Waals surface area contributed by atoms with Crippen LogP contribution >= 0.6 is 23.1 Å². The van der Waals surface area contributed by atoms with Crippen LogP contribution in [0.15, 0.2) is 39.6 Å². The van der Waals surface area contributed by atoms with Gasteiger partial charge >= 0.3 is 5.97 Å². The average Bonchev–Trinajstić information content (AvgIpc) is 3.32. The Kier molecular flexibility index (Phi) is 9.98. The topological polar surface area (TPSA) is 120 Å². The maximum atomic E-state index is 13.0. The Hall–Kier alpha value is -3.05. The number of ether oxygens (including phenoxy) is 2. The van der Waals surface area contributed by atoms with Crippen LogP contribution in [0.5, 0.6) is 11.5 Å². The van der Waals surface area contributed by atoms with Crippen LogP contribution < -0.4 is 20.3 Å². The van der Waals surface area contributed by atoms with Crippen molar-refractivity contribution in [1.82, 2.24) is 14.9 Å². The number of hydrogen-bond acceptors (Lipinski definition) is 8. The summed E-state index contributed by atoms with van der Waals surface area (Å²) in [4.78, 5) is 40.7. The quantitative estimate of drug-likeness (QED) is 0.188. The molecule has 1 aromatic carbocycles. The van der Waals surface area contributed by atoms with E-state index in [1.807, 2.05) is 23.6 Å². The summed E-state index contributed by atoms with van der Waals surface area (Å²) in [6, 6.07) is 7.44. The van der Waals surface area contributed by atoms with Gasteiger partial charge in [-0.2, -0.15) is 0 Å². The van der Waals surface area contributed by atoms with E-state index in [1.165, 1.54) is 23.1 Å². The summed E-state index contributed by atoms with van der Waals surface area (Å²) in [5, 5.41) is 14.0. The Bertz CT molecular complexity index is 1220. The lowest BCUT2D eigenvalue weighted by Gasteiger charge is -2.12. The number of carbonyl (C=O) groups is 2. The van der Waals surface area contributed by atoms with Gasteiger partial charge in [0.05, 0.1) is 25.5 Å². The van der Waals surface area contributed by atoms with Gasteiger partial charge in [0.15, 0.2) is 16.7 Å². The number of fused-ring (bicyclic) bond motifs is 1. The molecular formula is C24H29N3O6S2. The number of benzene rings is 1. The molecule has 0 aliphatic rings. The molecular weight excluding hydrogens is 490 g/mol. The van der Waals surface area contributed by atoms with Crippen LogP contribution in [-0.4, -0.2) is 53.1 Å². The van der Waals surface area contributed by atoms with Gasteiger partial charge in [0, 0.05) is 19.5 Å². The van der Waals surface area contributed by atoms with Crippen molar-refractivity contribution in [2.24, 2.45) is 0 Å². The third-order valence-electron chi connectivity index (χ3n) is 5.32. The molecule has 2 N–H and O–H groups in total. The van der Waals surface area contributed by atoms with E-state index in [4.69, 9.17) is 14.6 Å². The van der Waals surface area contributed by atoms with E-state index in [-0.39, 0.29) is 23.6 Å². The van der Waals surface area contributed by atoms with Crippen molar-refractivity contribution in [3.05, 3.63) is 45.6 Å². The number of carbonyl (C=O) groups excluding carboxylic acids is 1. The molecule has 0 aliphatic heterocycles. The number of nitrogens with one attached hydrogen (secondary N) is 1. The zero-order valence-electron chi connectivity index (χ0n) is 19.7. The molecule has 3 aromatic rings. The van der Waals surface area contributed by atoms with Gasteiger partial charge in [-0.15, -0.1) is 11.3 Å². The molecule has 0 aliphatic carbocycles. The van der Waals surface area contributed by atoms with Crippen molar-refractivity contribution in [1.29, 1.82) is 0 Å². The molecule has 0 radical (unpaired) electrons. The fourth-order valence-corrected chi connectivity index (χ4v) is 5.15. The first-order chi connectivity index (χ1) is 16.9. The van der Waals surface area contributed by atoms with Gasteiger partial charge in [-0.05, 0) is 48.4 Å². The molecule has 188 valence electrons. The van der Waals surface area contributed by atoms with Gasteiger partial charge in [0.2, 0.25) is 5.91 Å². The minimum atomic E-state index is -0.822. The minimum absolute atomic E-state index is 0.113. The highest BCUT2D eigenvalue weighted by Gasteiger charge is 2.14. The maximum absolute atomic E-state index is 13.0. The Morgan fingerprint density at radius 2 is 1.94 bits per heavy atom. The molecule has 2 aromatic heterocycles. The van der Waals surface area contributed by atoms with E-state index in [9.17, 15) is 14.4 Å². The van der Waals surface area contributed by atoms with Gasteiger partial charge in [0.1, 0.15) is 4.70 Å². The number of nitrogens with zero attached hydrogens (tertiary/aromatic N) is 2. The van der Waals surface area contributed by atoms with E-state index in [0.717, 1.165) is 5.56 Å². The van der Waals surface area contributed by atoms with Crippen LogP contribution in [0.25, 0.3) is 10.2 Å². The second-order valence-electron chi connectivity index (χ2n) is 7.77. The van der Waals surface area contributed by atoms with E-state index in [2.05, 4.69) is 10.3 Å². The van der Waals surface area contributed by atoms with Gasteiger partial charge in [-0.1, -0.05) is 24.2 Å². The maximum Gasteiger partial charge on any atom is 0.303 e. The second kappa shape index (κ2) is 13.1. The third-order valence-corrected chi connectivity index (χ3v) is 7.19. The van der Waals surface area contributed by atoms with Crippen LogP contribution in [0.1, 0.15) is 31.2 Å². The molecule has 0 saturated carbocycles. The molecule has 0 atom stereocenters. The fraction of sp³-hybridized carbons (Fsp3) is 0.417. The van der Waals surface area contributed by atoms with Crippen LogP contribution in [0, 0.1) is 0 Å². The van der Waals surface area contributed by atoms with Crippen LogP contribution in [-0.2, 0) is 22.6 Å². The first-order valence-corrected chi connectivity index (χ1v) is 13.1. The summed E-state index contributed by atoms with van der Waals surface area (Å²) < 4.78 is 12.7. The normalized spacial score (nSPS) is 10.9. The predicted octanol–water partition coefficient (Wildman–Crippen LogP) is 3.57.